The van der Waals surface area contributed by atoms with Crippen molar-refractivity contribution in [3.63, 3.8) is 0 Å². The lowest BCUT2D eigenvalue weighted by atomic mass is 9.98. The number of hydrogen-bond donors (Lipinski definition) is 1. The van der Waals surface area contributed by atoms with E-state index in [1.54, 1.807) is 36.7 Å². The molecule has 0 bridgehead atoms. The molecule has 162 valence electrons. The van der Waals surface area contributed by atoms with Crippen molar-refractivity contribution in [2.24, 2.45) is 0 Å². The molecule has 0 aliphatic rings. The van der Waals surface area contributed by atoms with E-state index in [2.05, 4.69) is 15.3 Å². The summed E-state index contributed by atoms with van der Waals surface area (Å²) in [6.07, 6.45) is -0.186. The highest BCUT2D eigenvalue weighted by Gasteiger charge is 2.37. The third-order valence-corrected chi connectivity index (χ3v) is 5.61. The van der Waals surface area contributed by atoms with Gasteiger partial charge in [0.05, 0.1) is 27.3 Å². The van der Waals surface area contributed by atoms with E-state index in [1.807, 2.05) is 0 Å². The number of aromatic nitrogens is 2. The highest BCUT2D eigenvalue weighted by atomic mass is 35.5. The van der Waals surface area contributed by atoms with Crippen LogP contribution in [0.25, 0.3) is 10.8 Å². The average Bonchev–Trinajstić information content (AvgIpc) is 2.78. The molecule has 9 heteroatoms. The van der Waals surface area contributed by atoms with Crippen molar-refractivity contribution in [3.05, 3.63) is 106 Å². The van der Waals surface area contributed by atoms with Gasteiger partial charge in [0.25, 0.3) is 5.91 Å². The van der Waals surface area contributed by atoms with E-state index in [1.165, 1.54) is 30.5 Å². The molecular formula is C23H14Cl2F3N3O. The van der Waals surface area contributed by atoms with Crippen LogP contribution >= 0.6 is 23.2 Å². The number of halogens is 5. The van der Waals surface area contributed by atoms with E-state index in [9.17, 15) is 18.0 Å². The van der Waals surface area contributed by atoms with Crippen LogP contribution in [-0.4, -0.2) is 15.9 Å². The Morgan fingerprint density at radius 2 is 1.75 bits per heavy atom. The van der Waals surface area contributed by atoms with Crippen LogP contribution in [0.5, 0.6) is 0 Å². The summed E-state index contributed by atoms with van der Waals surface area (Å²) < 4.78 is 41.1. The number of rotatable bonds is 4. The number of hydrogen-bond acceptors (Lipinski definition) is 3. The first-order valence-electron chi connectivity index (χ1n) is 9.36. The standard InChI is InChI=1S/C23H14Cl2F3N3O/c24-18-6-5-14(11-19(18)25)20(21-17(23(26,27)28)2-1-8-30-21)31-22(32)15-3-4-16-12-29-9-7-13(16)10-15/h1-12,20H,(H,31,32)/t20-/m0/s1. The minimum atomic E-state index is -4.67. The lowest BCUT2D eigenvalue weighted by Gasteiger charge is -2.23. The maximum absolute atomic E-state index is 13.7. The first-order valence-corrected chi connectivity index (χ1v) is 10.1. The molecule has 0 aliphatic carbocycles. The van der Waals surface area contributed by atoms with Gasteiger partial charge in [-0.15, -0.1) is 0 Å². The quantitative estimate of drug-likeness (QED) is 0.367. The molecule has 4 aromatic rings. The minimum Gasteiger partial charge on any atom is -0.340 e. The minimum absolute atomic E-state index is 0.145. The fourth-order valence-corrected chi connectivity index (χ4v) is 3.63. The molecule has 1 N–H and O–H groups in total. The van der Waals surface area contributed by atoms with Crippen molar-refractivity contribution in [2.75, 3.05) is 0 Å². The van der Waals surface area contributed by atoms with Gasteiger partial charge in [0.15, 0.2) is 0 Å². The molecular weight excluding hydrogens is 462 g/mol. The molecule has 0 radical (unpaired) electrons. The molecule has 4 nitrogen and oxygen atoms in total. The Morgan fingerprint density at radius 3 is 2.50 bits per heavy atom. The fourth-order valence-electron chi connectivity index (χ4n) is 3.33. The van der Waals surface area contributed by atoms with Gasteiger partial charge in [-0.25, -0.2) is 0 Å². The topological polar surface area (TPSA) is 54.9 Å². The molecule has 0 fully saturated rings. The van der Waals surface area contributed by atoms with Crippen molar-refractivity contribution in [2.45, 2.75) is 12.2 Å². The number of nitrogens with zero attached hydrogens (tertiary/aromatic N) is 2. The highest BCUT2D eigenvalue weighted by molar-refractivity contribution is 6.42. The van der Waals surface area contributed by atoms with Crippen LogP contribution in [0, 0.1) is 0 Å². The Kier molecular flexibility index (Phi) is 6.04. The Balaban J connectivity index is 1.79. The zero-order valence-electron chi connectivity index (χ0n) is 16.2. The van der Waals surface area contributed by atoms with E-state index >= 15 is 0 Å². The number of fused-ring (bicyclic) bond motifs is 1. The van der Waals surface area contributed by atoms with Gasteiger partial charge in [-0.3, -0.25) is 14.8 Å². The molecule has 2 heterocycles. The summed E-state index contributed by atoms with van der Waals surface area (Å²) in [6, 6.07) is 11.9. The van der Waals surface area contributed by atoms with E-state index in [-0.39, 0.29) is 21.3 Å². The van der Waals surface area contributed by atoms with Crippen molar-refractivity contribution < 1.29 is 18.0 Å². The summed E-state index contributed by atoms with van der Waals surface area (Å²) in [5, 5.41) is 4.65. The summed E-state index contributed by atoms with van der Waals surface area (Å²) in [5.74, 6) is -0.571. The second kappa shape index (κ2) is 8.76. The lowest BCUT2D eigenvalue weighted by molar-refractivity contribution is -0.138. The Morgan fingerprint density at radius 1 is 0.938 bits per heavy atom. The Labute approximate surface area is 191 Å². The van der Waals surface area contributed by atoms with Gasteiger partial charge < -0.3 is 5.32 Å². The molecule has 0 aliphatic heterocycles. The largest absolute Gasteiger partial charge is 0.418 e. The monoisotopic (exact) mass is 475 g/mol. The SMILES string of the molecule is O=C(N[C@@H](c1ccc(Cl)c(Cl)c1)c1ncccc1C(F)(F)F)c1ccc2cnccc2c1. The highest BCUT2D eigenvalue weighted by Crippen LogP contribution is 2.36. The summed E-state index contributed by atoms with van der Waals surface area (Å²) in [4.78, 5) is 21.0. The first kappa shape index (κ1) is 22.0. The molecule has 2 aromatic carbocycles. The van der Waals surface area contributed by atoms with E-state index < -0.39 is 23.7 Å². The molecule has 0 saturated heterocycles. The van der Waals surface area contributed by atoms with Crippen molar-refractivity contribution >= 4 is 39.9 Å². The van der Waals surface area contributed by atoms with Gasteiger partial charge in [0, 0.05) is 29.5 Å². The number of pyridine rings is 2. The number of amides is 1. The number of alkyl halides is 3. The van der Waals surface area contributed by atoms with Crippen LogP contribution < -0.4 is 5.32 Å². The summed E-state index contributed by atoms with van der Waals surface area (Å²) in [5.41, 5.74) is -0.724. The van der Waals surface area contributed by atoms with Crippen LogP contribution in [0.2, 0.25) is 10.0 Å². The number of nitrogens with one attached hydrogen (secondary N) is 1. The predicted molar refractivity (Wildman–Crippen MR) is 117 cm³/mol. The first-order chi connectivity index (χ1) is 15.2. The Hall–Kier alpha value is -3.16. The van der Waals surface area contributed by atoms with Crippen molar-refractivity contribution in [1.29, 1.82) is 0 Å². The zero-order valence-corrected chi connectivity index (χ0v) is 17.7. The van der Waals surface area contributed by atoms with Crippen LogP contribution in [0.4, 0.5) is 13.2 Å². The molecule has 32 heavy (non-hydrogen) atoms. The number of carbonyl (C=O) groups excluding carboxylic acids is 1. The van der Waals surface area contributed by atoms with Gasteiger partial charge in [-0.05, 0) is 53.4 Å². The molecule has 0 spiro atoms. The molecule has 0 saturated carbocycles. The van der Waals surface area contributed by atoms with E-state index in [0.29, 0.717) is 5.56 Å². The maximum atomic E-state index is 13.7. The summed E-state index contributed by atoms with van der Waals surface area (Å²) in [7, 11) is 0. The van der Waals surface area contributed by atoms with Gasteiger partial charge in [-0.1, -0.05) is 35.3 Å². The van der Waals surface area contributed by atoms with Crippen LogP contribution in [0.3, 0.4) is 0 Å². The number of benzene rings is 2. The predicted octanol–water partition coefficient (Wildman–Crippen LogP) is 6.47. The Bertz CT molecular complexity index is 1310. The van der Waals surface area contributed by atoms with Crippen LogP contribution in [0.1, 0.15) is 33.2 Å². The van der Waals surface area contributed by atoms with Crippen LogP contribution in [-0.2, 0) is 6.18 Å². The van der Waals surface area contributed by atoms with Crippen LogP contribution in [0.15, 0.2) is 73.2 Å². The van der Waals surface area contributed by atoms with Gasteiger partial charge in [0.1, 0.15) is 0 Å². The third kappa shape index (κ3) is 4.54. The second-order valence-electron chi connectivity index (χ2n) is 6.95. The van der Waals surface area contributed by atoms with E-state index in [4.69, 9.17) is 23.2 Å². The van der Waals surface area contributed by atoms with Crippen molar-refractivity contribution in [1.82, 2.24) is 15.3 Å². The van der Waals surface area contributed by atoms with Gasteiger partial charge in [-0.2, -0.15) is 13.2 Å². The molecule has 1 amide bonds. The third-order valence-electron chi connectivity index (χ3n) is 4.87. The lowest BCUT2D eigenvalue weighted by Crippen LogP contribution is -2.31. The van der Waals surface area contributed by atoms with Gasteiger partial charge in [0.2, 0.25) is 0 Å². The fraction of sp³-hybridized carbons (Fsp3) is 0.0870. The normalized spacial score (nSPS) is 12.5. The molecule has 1 atom stereocenters. The average molecular weight is 476 g/mol. The zero-order chi connectivity index (χ0) is 22.9. The smallest absolute Gasteiger partial charge is 0.340 e. The van der Waals surface area contributed by atoms with Gasteiger partial charge >= 0.3 is 6.18 Å². The summed E-state index contributed by atoms with van der Waals surface area (Å²) >= 11 is 12.1. The molecule has 4 rings (SSSR count). The second-order valence-corrected chi connectivity index (χ2v) is 7.77. The maximum Gasteiger partial charge on any atom is 0.418 e. The van der Waals surface area contributed by atoms with Crippen molar-refractivity contribution in [3.8, 4) is 0 Å². The molecule has 0 unspecified atom stereocenters. The number of carbonyl (C=O) groups is 1. The van der Waals surface area contributed by atoms with E-state index in [0.717, 1.165) is 16.8 Å². The molecule has 2 aromatic heterocycles. The summed E-state index contributed by atoms with van der Waals surface area (Å²) in [6.45, 7) is 0.